The molecule has 4 aliphatic heterocycles. The highest BCUT2D eigenvalue weighted by atomic mass is 15.3. The van der Waals surface area contributed by atoms with Crippen LogP contribution in [0.25, 0.3) is 45.6 Å². The average molecular weight is 1690 g/mol. The summed E-state index contributed by atoms with van der Waals surface area (Å²) in [7, 11) is 8.66. The maximum atomic E-state index is 2.77. The molecule has 1 fully saturated rings. The number of rotatable bonds is 12. The molecular weight excluding hydrogens is 1540 g/mol. The van der Waals surface area contributed by atoms with Gasteiger partial charge in [-0.2, -0.15) is 0 Å². The van der Waals surface area contributed by atoms with Crippen molar-refractivity contribution in [2.45, 2.75) is 235 Å². The maximum Gasteiger partial charge on any atom is 0.542 e. The van der Waals surface area contributed by atoms with Crippen LogP contribution in [0.5, 0.6) is 0 Å². The van der Waals surface area contributed by atoms with E-state index in [1.807, 2.05) is 0 Å². The van der Waals surface area contributed by atoms with Crippen LogP contribution < -0.4 is 53.5 Å². The van der Waals surface area contributed by atoms with Crippen LogP contribution in [0.2, 0.25) is 5.82 Å². The van der Waals surface area contributed by atoms with Crippen LogP contribution in [0.15, 0.2) is 232 Å². The maximum absolute atomic E-state index is 2.77. The molecule has 5 aliphatic rings. The Labute approximate surface area is 763 Å². The van der Waals surface area contributed by atoms with Crippen molar-refractivity contribution < 1.29 is 17.9 Å². The first kappa shape index (κ1) is 91.7. The van der Waals surface area contributed by atoms with Crippen LogP contribution in [0.1, 0.15) is 229 Å². The first-order chi connectivity index (χ1) is 59.9. The SMILES string of the molecule is C.C.Cc1cccc(C)c1B1N(C2CCCCC2)c2cccc(C)c2-c2n(C)cc[n+]21.Cc1cccc(C)c1B1N(c2c(C(C)C)cccc2C(C)C)c2cccc(C)c2-c2n(C)cc[n+]21.Cc1cccc(C)c1B1N(c2c(C)cccc2C)c2cccc(C)c2-c2n(C)cc[n+]21.Cc1cccc2c1-c1n(C)cc[n+]1B(C(C)C)N2c1c(C(C)C)cccc1C(C)C. The minimum Gasteiger partial charge on any atom is -0.367 e. The van der Waals surface area contributed by atoms with Gasteiger partial charge in [0.15, 0.2) is 0 Å². The van der Waals surface area contributed by atoms with Crippen LogP contribution in [0, 0.1) is 83.1 Å². The second kappa shape index (κ2) is 37.1. The summed E-state index contributed by atoms with van der Waals surface area (Å²) < 4.78 is 19.1. The second-order valence-electron chi connectivity index (χ2n) is 38.4. The number of anilines is 7. The van der Waals surface area contributed by atoms with Crippen LogP contribution in [-0.4, -0.2) is 52.2 Å². The fourth-order valence-corrected chi connectivity index (χ4v) is 22.0. The fraction of sp³-hybridized carbons (Fsp3) is 0.351. The lowest BCUT2D eigenvalue weighted by atomic mass is 9.58. The highest BCUT2D eigenvalue weighted by Crippen LogP contribution is 2.50. The van der Waals surface area contributed by atoms with Gasteiger partial charge in [0.25, 0.3) is 23.3 Å². The molecule has 0 N–H and O–H groups in total. The average Bonchev–Trinajstić information content (AvgIpc) is 1.70. The minimum absolute atomic E-state index is 0. The van der Waals surface area contributed by atoms with Gasteiger partial charge in [-0.15, -0.1) is 0 Å². The molecule has 8 heterocycles. The molecule has 0 radical (unpaired) electrons. The van der Waals surface area contributed by atoms with Crippen molar-refractivity contribution in [1.82, 2.24) is 18.3 Å². The van der Waals surface area contributed by atoms with E-state index in [1.165, 1.54) is 223 Å². The molecule has 127 heavy (non-hydrogen) atoms. The van der Waals surface area contributed by atoms with E-state index in [4.69, 9.17) is 0 Å². The summed E-state index contributed by atoms with van der Waals surface area (Å²) in [6.07, 6.45) is 24.5. The predicted octanol–water partition coefficient (Wildman–Crippen LogP) is 23.5. The van der Waals surface area contributed by atoms with Crippen LogP contribution in [0.3, 0.4) is 0 Å². The molecule has 0 atom stereocenters. The quantitative estimate of drug-likeness (QED) is 0.114. The third kappa shape index (κ3) is 16.0. The zero-order valence-corrected chi connectivity index (χ0v) is 79.6. The smallest absolute Gasteiger partial charge is 0.367 e. The van der Waals surface area contributed by atoms with Crippen molar-refractivity contribution in [3.63, 3.8) is 0 Å². The van der Waals surface area contributed by atoms with Crippen molar-refractivity contribution in [3.05, 3.63) is 321 Å². The molecule has 1 saturated carbocycles. The molecule has 0 unspecified atom stereocenters. The van der Waals surface area contributed by atoms with Gasteiger partial charge in [0, 0.05) is 68.1 Å². The van der Waals surface area contributed by atoms with E-state index >= 15 is 0 Å². The molecule has 0 saturated heterocycles. The number of aryl methyl sites for hydroxylation is 16. The second-order valence-corrected chi connectivity index (χ2v) is 38.4. The number of hydrogen-bond acceptors (Lipinski definition) is 4. The lowest BCUT2D eigenvalue weighted by Gasteiger charge is -2.42. The Morgan fingerprint density at radius 2 is 0.528 bits per heavy atom. The molecule has 19 rings (SSSR count). The third-order valence-corrected chi connectivity index (χ3v) is 28.0. The van der Waals surface area contributed by atoms with Gasteiger partial charge in [-0.25, -0.2) is 18.3 Å². The number of hydrogen-bond donors (Lipinski definition) is 0. The number of fused-ring (bicyclic) bond motifs is 12. The number of nitrogens with zero attached hydrogens (tertiary/aromatic N) is 12. The first-order valence-electron chi connectivity index (χ1n) is 46.2. The molecular formula is C111H140B4N12+4. The molecule has 0 bridgehead atoms. The standard InChI is InChI=1S/C31H37BN3.C27H29BN3.C26H35BN3.C25H31BN3.2CH4/c1-20(2)25-15-11-16-26(21(3)4)30(25)35-27-17-10-12-22(5)28(27)31-33(8)18-19-34(31)32(35)29-23(6)13-9-14-24(29)7;1-18-10-9-15-23-24(18)27-29(6)16-17-30(27)28(25-19(2)11-7-12-20(25)3)31(23)26-21(4)13-8-14-22(26)5;1-17(2)21-12-10-13-22(18(3)4)25(21)30-23-14-9-11-20(7)24(23)26-28(8)15-16-29(26)27(30)19(5)6;1-18-10-9-15-22-23(18)25-27(4)16-17-28(25)26(24-19(2)11-8-12-20(24)3)29(22)21-13-6-5-7-14-21;;/h9-21H,1-8H3;7-17H,1-6H3;9-19H,1-8H3;8-12,15-17,21H,5-7,13-14H2,1-4H3;2*1H4/q4*+1;;. The van der Waals surface area contributed by atoms with Crippen LogP contribution >= 0.6 is 0 Å². The molecule has 16 heteroatoms. The Hall–Kier alpha value is -11.5. The van der Waals surface area contributed by atoms with Gasteiger partial charge in [-0.05, 0) is 233 Å². The van der Waals surface area contributed by atoms with E-state index in [-0.39, 0.29) is 42.8 Å². The van der Waals surface area contributed by atoms with E-state index < -0.39 is 0 Å². The van der Waals surface area contributed by atoms with Crippen LogP contribution in [0.4, 0.5) is 39.8 Å². The Morgan fingerprint density at radius 1 is 0.276 bits per heavy atom. The van der Waals surface area contributed by atoms with Gasteiger partial charge in [0.1, 0.15) is 49.6 Å². The van der Waals surface area contributed by atoms with Gasteiger partial charge < -0.3 is 19.2 Å². The van der Waals surface area contributed by atoms with Crippen LogP contribution in [-0.2, 0) is 28.2 Å². The number of benzene rings is 10. The van der Waals surface area contributed by atoms with Gasteiger partial charge in [-0.1, -0.05) is 261 Å². The lowest BCUT2D eigenvalue weighted by Crippen LogP contribution is -2.73. The largest absolute Gasteiger partial charge is 0.542 e. The lowest BCUT2D eigenvalue weighted by molar-refractivity contribution is -0.527. The van der Waals surface area contributed by atoms with E-state index in [0.29, 0.717) is 35.5 Å². The Balaban J connectivity index is 0.000000137. The van der Waals surface area contributed by atoms with E-state index in [9.17, 15) is 0 Å². The molecule has 0 amide bonds. The molecule has 1 aliphatic carbocycles. The zero-order chi connectivity index (χ0) is 88.7. The van der Waals surface area contributed by atoms with E-state index in [2.05, 4.69) is 468 Å². The van der Waals surface area contributed by atoms with Crippen molar-refractivity contribution >= 4 is 84.1 Å². The first-order valence-corrected chi connectivity index (χ1v) is 46.2. The van der Waals surface area contributed by atoms with Gasteiger partial charge >= 0.3 is 27.9 Å². The highest BCUT2D eigenvalue weighted by Gasteiger charge is 2.53. The third-order valence-electron chi connectivity index (χ3n) is 28.0. The summed E-state index contributed by atoms with van der Waals surface area (Å²) in [6, 6.07) is 68.1. The summed E-state index contributed by atoms with van der Waals surface area (Å²) in [5.41, 5.74) is 40.5. The Morgan fingerprint density at radius 3 is 0.866 bits per heavy atom. The highest BCUT2D eigenvalue weighted by molar-refractivity contribution is 6.73. The summed E-state index contributed by atoms with van der Waals surface area (Å²) in [5, 5.41) is 0. The topological polar surface area (TPSA) is 48.2 Å². The van der Waals surface area contributed by atoms with Gasteiger partial charge in [0.05, 0.1) is 50.4 Å². The fourth-order valence-electron chi connectivity index (χ4n) is 22.0. The number of para-hydroxylation sites is 3. The van der Waals surface area contributed by atoms with Crippen molar-refractivity contribution in [1.29, 1.82) is 0 Å². The van der Waals surface area contributed by atoms with Crippen molar-refractivity contribution in [3.8, 4) is 45.6 Å². The number of imidazole rings is 4. The zero-order valence-electron chi connectivity index (χ0n) is 79.6. The Bertz CT molecular complexity index is 6260. The molecule has 12 nitrogen and oxygen atoms in total. The summed E-state index contributed by atoms with van der Waals surface area (Å²) in [5.74, 6) is 7.33. The summed E-state index contributed by atoms with van der Waals surface area (Å²) in [6.45, 7) is 50.7. The normalized spacial score (nSPS) is 13.7. The molecule has 4 aromatic heterocycles. The molecule has 10 aromatic carbocycles. The van der Waals surface area contributed by atoms with Crippen molar-refractivity contribution in [2.75, 3.05) is 19.2 Å². The van der Waals surface area contributed by atoms with Crippen molar-refractivity contribution in [2.24, 2.45) is 28.2 Å². The van der Waals surface area contributed by atoms with Gasteiger partial charge in [0.2, 0.25) is 0 Å². The minimum atomic E-state index is 0. The summed E-state index contributed by atoms with van der Waals surface area (Å²) >= 11 is 0. The number of aromatic nitrogens is 8. The predicted molar refractivity (Wildman–Crippen MR) is 544 cm³/mol. The van der Waals surface area contributed by atoms with E-state index in [0.717, 1.165) is 0 Å². The summed E-state index contributed by atoms with van der Waals surface area (Å²) in [4.78, 5) is 10.6. The van der Waals surface area contributed by atoms with E-state index in [1.54, 1.807) is 0 Å². The molecule has 652 valence electrons. The molecule has 14 aromatic rings. The van der Waals surface area contributed by atoms with Gasteiger partial charge in [-0.3, -0.25) is 17.9 Å². The molecule has 0 spiro atoms. The Kier molecular flexibility index (Phi) is 26.8. The monoisotopic (exact) mass is 1690 g/mol.